The van der Waals surface area contributed by atoms with Crippen LogP contribution in [0.5, 0.6) is 0 Å². The molecule has 7 rings (SSSR count). The maximum Gasteiger partial charge on any atom is 0.335 e. The van der Waals surface area contributed by atoms with Gasteiger partial charge in [-0.05, 0) is 98.2 Å². The van der Waals surface area contributed by atoms with Crippen LogP contribution in [0.4, 0.5) is 0 Å². The number of fused-ring (bicyclic) bond motifs is 7. The van der Waals surface area contributed by atoms with Gasteiger partial charge in [0.2, 0.25) is 0 Å². The Morgan fingerprint density at radius 3 is 2.06 bits per heavy atom. The fourth-order valence-electron chi connectivity index (χ4n) is 14.5. The molecule has 4 saturated carbocycles. The molecule has 5 aliphatic carbocycles. The summed E-state index contributed by atoms with van der Waals surface area (Å²) in [7, 11) is 0. The predicted molar refractivity (Wildman–Crippen MR) is 225 cm³/mol. The summed E-state index contributed by atoms with van der Waals surface area (Å²) in [4.78, 5) is 25.6. The topological polar surface area (TPSA) is 283 Å². The molecule has 2 heterocycles. The number of carboxylic acids is 1. The van der Waals surface area contributed by atoms with Crippen LogP contribution < -0.4 is 0 Å². The third-order valence-electron chi connectivity index (χ3n) is 18.4. The van der Waals surface area contributed by atoms with E-state index in [1.54, 1.807) is 19.9 Å². The van der Waals surface area contributed by atoms with Crippen LogP contribution in [0.1, 0.15) is 107 Å². The van der Waals surface area contributed by atoms with Crippen molar-refractivity contribution < 1.29 is 84.3 Å². The van der Waals surface area contributed by atoms with Crippen molar-refractivity contribution in [3.05, 3.63) is 23.3 Å². The molecule has 0 radical (unpaired) electrons. The second-order valence-corrected chi connectivity index (χ2v) is 22.3. The normalized spacial score (nSPS) is 51.1. The molecule has 364 valence electrons. The number of aliphatic hydroxyl groups excluding tert-OH is 9. The Morgan fingerprint density at radius 2 is 1.45 bits per heavy atom. The second-order valence-electron chi connectivity index (χ2n) is 22.3. The van der Waals surface area contributed by atoms with Gasteiger partial charge in [0, 0.05) is 11.0 Å². The Balaban J connectivity index is 1.19. The van der Waals surface area contributed by atoms with Crippen molar-refractivity contribution in [2.45, 2.75) is 193 Å². The zero-order chi connectivity index (χ0) is 47.4. The van der Waals surface area contributed by atoms with Crippen molar-refractivity contribution in [1.29, 1.82) is 0 Å². The van der Waals surface area contributed by atoms with E-state index in [4.69, 9.17) is 23.7 Å². The first-order chi connectivity index (χ1) is 29.7. The molecule has 7 aliphatic rings. The summed E-state index contributed by atoms with van der Waals surface area (Å²) in [5, 5.41) is 110. The molecule has 10 N–H and O–H groups in total. The summed E-state index contributed by atoms with van der Waals surface area (Å²) in [6.07, 6.45) is -13.8. The van der Waals surface area contributed by atoms with E-state index in [9.17, 15) is 60.7 Å². The number of aliphatic hydroxyl groups is 9. The minimum atomic E-state index is -1.99. The van der Waals surface area contributed by atoms with Gasteiger partial charge in [-0.25, -0.2) is 9.59 Å². The van der Waals surface area contributed by atoms with Crippen LogP contribution in [0.2, 0.25) is 0 Å². The summed E-state index contributed by atoms with van der Waals surface area (Å²) in [5.74, 6) is -2.49. The first kappa shape index (κ1) is 49.8. The van der Waals surface area contributed by atoms with Gasteiger partial charge in [0.1, 0.15) is 48.8 Å². The number of hydrogen-bond acceptors (Lipinski definition) is 16. The molecule has 0 amide bonds. The third-order valence-corrected chi connectivity index (χ3v) is 18.4. The molecule has 21 atom stereocenters. The van der Waals surface area contributed by atoms with Gasteiger partial charge in [0.15, 0.2) is 18.7 Å². The standard InChI is InChI=1S/C47H74O17/c1-10-21(2)39(59)61-28-18-42(3,4)17-23-22-11-12-26-44(7)15-14-27(43(5,6)25(44)13-16-45(26,8)46(22,9)36(55)37(56)47(23,28)20-49)62-41-35(32(53)31(52)34(63-41)38(57)58)64-40-33(54)30(51)29(50)24(19-48)60-40/h10-11,23-37,40-41,48-56H,12-20H2,1-9H3,(H,57,58)/t23-,24+,25-,26+,27-,28-,29+,30-,31-,32-,33+,34-,35+,36-,37+,40-,41+,44-,45+,46-,47+/m0/s1. The second kappa shape index (κ2) is 17.1. The maximum atomic E-state index is 13.3. The average Bonchev–Trinajstić information content (AvgIpc) is 3.23. The third kappa shape index (κ3) is 7.28. The Labute approximate surface area is 375 Å². The molecule has 6 fully saturated rings. The van der Waals surface area contributed by atoms with Crippen LogP contribution in [0.15, 0.2) is 23.3 Å². The van der Waals surface area contributed by atoms with E-state index in [1.807, 2.05) is 0 Å². The van der Waals surface area contributed by atoms with Gasteiger partial charge in [0.25, 0.3) is 0 Å². The largest absolute Gasteiger partial charge is 0.479 e. The lowest BCUT2D eigenvalue weighted by Crippen LogP contribution is -2.74. The fourth-order valence-corrected chi connectivity index (χ4v) is 14.5. The van der Waals surface area contributed by atoms with E-state index in [0.29, 0.717) is 50.5 Å². The Hall–Kier alpha value is -2.10. The van der Waals surface area contributed by atoms with Crippen molar-refractivity contribution in [2.75, 3.05) is 13.2 Å². The highest BCUT2D eigenvalue weighted by molar-refractivity contribution is 5.87. The van der Waals surface area contributed by atoms with Gasteiger partial charge in [-0.1, -0.05) is 66.2 Å². The van der Waals surface area contributed by atoms with Crippen LogP contribution in [-0.4, -0.2) is 162 Å². The number of carbonyl (C=O) groups excluding carboxylic acids is 1. The minimum absolute atomic E-state index is 0.000303. The van der Waals surface area contributed by atoms with Crippen LogP contribution >= 0.6 is 0 Å². The van der Waals surface area contributed by atoms with Gasteiger partial charge in [0.05, 0.1) is 36.9 Å². The zero-order valence-corrected chi connectivity index (χ0v) is 38.7. The number of ether oxygens (including phenoxy) is 5. The highest BCUT2D eigenvalue weighted by atomic mass is 16.8. The maximum absolute atomic E-state index is 13.3. The highest BCUT2D eigenvalue weighted by Gasteiger charge is 2.75. The Morgan fingerprint density at radius 1 is 0.781 bits per heavy atom. The molecule has 17 heteroatoms. The number of hydrogen-bond donors (Lipinski definition) is 10. The van der Waals surface area contributed by atoms with Gasteiger partial charge in [-0.3, -0.25) is 0 Å². The van der Waals surface area contributed by atoms with E-state index in [2.05, 4.69) is 54.5 Å². The van der Waals surface area contributed by atoms with Crippen LogP contribution in [-0.2, 0) is 33.3 Å². The molecule has 0 aromatic rings. The first-order valence-electron chi connectivity index (χ1n) is 23.1. The number of aliphatic carboxylic acids is 1. The average molecular weight is 911 g/mol. The van der Waals surface area contributed by atoms with Crippen LogP contribution in [0.3, 0.4) is 0 Å². The summed E-state index contributed by atoms with van der Waals surface area (Å²) in [5.41, 5.74) is -2.73. The van der Waals surface area contributed by atoms with E-state index < -0.39 is 139 Å². The number of carboxylic acid groups (broad SMARTS) is 1. The lowest BCUT2D eigenvalue weighted by Gasteiger charge is -2.73. The summed E-state index contributed by atoms with van der Waals surface area (Å²) >= 11 is 0. The summed E-state index contributed by atoms with van der Waals surface area (Å²) in [6.45, 7) is 17.1. The Bertz CT molecular complexity index is 1830. The quantitative estimate of drug-likeness (QED) is 0.0676. The molecule has 17 nitrogen and oxygen atoms in total. The monoisotopic (exact) mass is 910 g/mol. The number of allylic oxidation sites excluding steroid dienone is 2. The smallest absolute Gasteiger partial charge is 0.335 e. The van der Waals surface area contributed by atoms with Gasteiger partial charge < -0.3 is 74.7 Å². The molecular weight excluding hydrogens is 836 g/mol. The van der Waals surface area contributed by atoms with Gasteiger partial charge in [-0.15, -0.1) is 0 Å². The highest BCUT2D eigenvalue weighted by Crippen LogP contribution is 2.76. The van der Waals surface area contributed by atoms with Crippen molar-refractivity contribution in [2.24, 2.45) is 50.2 Å². The number of rotatable bonds is 9. The SMILES string of the molecule is CC=C(C)C(=O)O[C@H]1CC(C)(C)C[C@H]2C3=CC[C@@H]4[C@@]5(C)CC[C@H](O[C@@H]6O[C@H](C(=O)O)[C@@H](O)[C@H](O)[C@H]6O[C@@H]6O[C@H](CO)[C@@H](O)[C@H](O)[C@H]6O)C(C)(C)[C@@H]5CC[C@@]4(C)[C@]3(C)[C@@H](O)[C@@H](O)[C@@]12CO. The lowest BCUT2D eigenvalue weighted by molar-refractivity contribution is -0.374. The van der Waals surface area contributed by atoms with Gasteiger partial charge in [-0.2, -0.15) is 0 Å². The van der Waals surface area contributed by atoms with Crippen LogP contribution in [0.25, 0.3) is 0 Å². The van der Waals surface area contributed by atoms with E-state index >= 15 is 0 Å². The number of carbonyl (C=O) groups is 2. The molecule has 0 aromatic heterocycles. The molecular formula is C47H74O17. The molecule has 64 heavy (non-hydrogen) atoms. The molecule has 2 saturated heterocycles. The zero-order valence-electron chi connectivity index (χ0n) is 38.7. The first-order valence-corrected chi connectivity index (χ1v) is 23.1. The molecule has 0 aromatic carbocycles. The van der Waals surface area contributed by atoms with E-state index in [0.717, 1.165) is 5.57 Å². The van der Waals surface area contributed by atoms with Crippen molar-refractivity contribution >= 4 is 11.9 Å². The molecule has 0 spiro atoms. The molecule has 0 bridgehead atoms. The fraction of sp³-hybridized carbons (Fsp3) is 0.872. The van der Waals surface area contributed by atoms with Crippen molar-refractivity contribution in [3.63, 3.8) is 0 Å². The van der Waals surface area contributed by atoms with E-state index in [-0.39, 0.29) is 22.7 Å². The van der Waals surface area contributed by atoms with Crippen LogP contribution in [0, 0.1) is 50.2 Å². The number of esters is 1. The van der Waals surface area contributed by atoms with Crippen molar-refractivity contribution in [3.8, 4) is 0 Å². The van der Waals surface area contributed by atoms with Gasteiger partial charge >= 0.3 is 11.9 Å². The molecule has 2 aliphatic heterocycles. The lowest BCUT2D eigenvalue weighted by atomic mass is 9.32. The minimum Gasteiger partial charge on any atom is -0.479 e. The molecule has 0 unspecified atom stereocenters. The van der Waals surface area contributed by atoms with Crippen molar-refractivity contribution in [1.82, 2.24) is 0 Å². The predicted octanol–water partition coefficient (Wildman–Crippen LogP) is 1.31. The Kier molecular flexibility index (Phi) is 13.3. The van der Waals surface area contributed by atoms with E-state index in [1.165, 1.54) is 0 Å². The summed E-state index contributed by atoms with van der Waals surface area (Å²) in [6, 6.07) is 0. The summed E-state index contributed by atoms with van der Waals surface area (Å²) < 4.78 is 30.1.